The molecule has 0 radical (unpaired) electrons. The third-order valence-corrected chi connectivity index (χ3v) is 4.19. The molecule has 0 atom stereocenters. The molecule has 0 aromatic carbocycles. The highest BCUT2D eigenvalue weighted by molar-refractivity contribution is 5.93. The number of hydrogen-bond acceptors (Lipinski definition) is 5. The van der Waals surface area contributed by atoms with E-state index in [1.807, 2.05) is 31.3 Å². The molecular formula is C16H18N4O2. The highest BCUT2D eigenvalue weighted by Crippen LogP contribution is 2.41. The maximum atomic E-state index is 11.8. The molecule has 0 spiro atoms. The van der Waals surface area contributed by atoms with Crippen molar-refractivity contribution in [2.24, 2.45) is 0 Å². The number of carbonyl (C=O) groups excluding carboxylic acids is 1. The molecule has 0 saturated heterocycles. The Morgan fingerprint density at radius 1 is 1.32 bits per heavy atom. The van der Waals surface area contributed by atoms with Crippen molar-refractivity contribution in [3.63, 3.8) is 0 Å². The van der Waals surface area contributed by atoms with Crippen LogP contribution in [0, 0.1) is 6.92 Å². The summed E-state index contributed by atoms with van der Waals surface area (Å²) in [5.74, 6) is 0.258. The van der Waals surface area contributed by atoms with Crippen molar-refractivity contribution in [1.82, 2.24) is 15.4 Å². The van der Waals surface area contributed by atoms with E-state index in [0.29, 0.717) is 6.54 Å². The van der Waals surface area contributed by atoms with Crippen LogP contribution in [0.1, 0.15) is 41.0 Å². The molecule has 0 bridgehead atoms. The van der Waals surface area contributed by atoms with Gasteiger partial charge in [-0.05, 0) is 44.0 Å². The SMILES string of the molecule is Cc1ccc(N2Cc3c(ccnc3C(=O)NO)C2(C)C)nc1. The summed E-state index contributed by atoms with van der Waals surface area (Å²) < 4.78 is 0. The first-order valence-electron chi connectivity index (χ1n) is 7.08. The maximum Gasteiger partial charge on any atom is 0.293 e. The first-order chi connectivity index (χ1) is 10.4. The number of nitrogens with one attached hydrogen (secondary N) is 1. The van der Waals surface area contributed by atoms with Crippen LogP contribution in [0.25, 0.3) is 0 Å². The molecule has 22 heavy (non-hydrogen) atoms. The number of carbonyl (C=O) groups is 1. The summed E-state index contributed by atoms with van der Waals surface area (Å²) in [6, 6.07) is 5.90. The van der Waals surface area contributed by atoms with E-state index in [0.717, 1.165) is 22.5 Å². The quantitative estimate of drug-likeness (QED) is 0.656. The average Bonchev–Trinajstić information content (AvgIpc) is 2.79. The molecule has 2 N–H and O–H groups in total. The van der Waals surface area contributed by atoms with Crippen LogP contribution in [0.2, 0.25) is 0 Å². The number of aromatic nitrogens is 2. The van der Waals surface area contributed by atoms with E-state index in [1.54, 1.807) is 11.7 Å². The van der Waals surface area contributed by atoms with Gasteiger partial charge in [0.2, 0.25) is 0 Å². The maximum absolute atomic E-state index is 11.8. The Labute approximate surface area is 128 Å². The van der Waals surface area contributed by atoms with Crippen molar-refractivity contribution in [1.29, 1.82) is 0 Å². The third kappa shape index (κ3) is 2.12. The smallest absolute Gasteiger partial charge is 0.293 e. The van der Waals surface area contributed by atoms with Crippen LogP contribution in [0.15, 0.2) is 30.6 Å². The minimum Gasteiger partial charge on any atom is -0.343 e. The van der Waals surface area contributed by atoms with Gasteiger partial charge in [0.1, 0.15) is 11.5 Å². The van der Waals surface area contributed by atoms with Crippen LogP contribution < -0.4 is 10.4 Å². The molecule has 0 aliphatic carbocycles. The van der Waals surface area contributed by atoms with Gasteiger partial charge in [-0.3, -0.25) is 15.0 Å². The van der Waals surface area contributed by atoms with Crippen molar-refractivity contribution < 1.29 is 10.0 Å². The molecule has 3 heterocycles. The van der Waals surface area contributed by atoms with E-state index >= 15 is 0 Å². The molecule has 2 aromatic rings. The lowest BCUT2D eigenvalue weighted by Gasteiger charge is -2.33. The zero-order chi connectivity index (χ0) is 15.9. The van der Waals surface area contributed by atoms with E-state index in [-0.39, 0.29) is 11.2 Å². The number of hydroxylamine groups is 1. The van der Waals surface area contributed by atoms with Gasteiger partial charge in [-0.15, -0.1) is 0 Å². The standard InChI is InChI=1S/C16H18N4O2/c1-10-4-5-13(18-8-10)20-9-11-12(16(20,2)3)6-7-17-14(11)15(21)19-22/h4-8,22H,9H2,1-3H3,(H,19,21). The number of hydrogen-bond donors (Lipinski definition) is 2. The fourth-order valence-corrected chi connectivity index (χ4v) is 2.96. The minimum atomic E-state index is -0.591. The van der Waals surface area contributed by atoms with Gasteiger partial charge in [0.15, 0.2) is 0 Å². The van der Waals surface area contributed by atoms with Crippen LogP contribution in [0.4, 0.5) is 5.82 Å². The zero-order valence-corrected chi connectivity index (χ0v) is 12.8. The van der Waals surface area contributed by atoms with Crippen molar-refractivity contribution >= 4 is 11.7 Å². The van der Waals surface area contributed by atoms with Gasteiger partial charge in [0, 0.05) is 24.5 Å². The van der Waals surface area contributed by atoms with Gasteiger partial charge < -0.3 is 4.90 Å². The first kappa shape index (κ1) is 14.5. The van der Waals surface area contributed by atoms with E-state index in [9.17, 15) is 4.79 Å². The molecule has 6 nitrogen and oxygen atoms in total. The minimum absolute atomic E-state index is 0.252. The topological polar surface area (TPSA) is 78.4 Å². The Morgan fingerprint density at radius 2 is 2.09 bits per heavy atom. The summed E-state index contributed by atoms with van der Waals surface area (Å²) in [6.07, 6.45) is 3.42. The van der Waals surface area contributed by atoms with E-state index in [2.05, 4.69) is 28.7 Å². The van der Waals surface area contributed by atoms with Crippen LogP contribution >= 0.6 is 0 Å². The monoisotopic (exact) mass is 298 g/mol. The number of amides is 1. The predicted octanol–water partition coefficient (Wildman–Crippen LogP) is 2.16. The Kier molecular flexibility index (Phi) is 3.33. The van der Waals surface area contributed by atoms with Gasteiger partial charge in [-0.2, -0.15) is 0 Å². The Hall–Kier alpha value is -2.47. The zero-order valence-electron chi connectivity index (χ0n) is 12.8. The van der Waals surface area contributed by atoms with Crippen LogP contribution in [0.5, 0.6) is 0 Å². The summed E-state index contributed by atoms with van der Waals surface area (Å²) in [4.78, 5) is 22.5. The Bertz CT molecular complexity index is 725. The Morgan fingerprint density at radius 3 is 2.73 bits per heavy atom. The van der Waals surface area contributed by atoms with E-state index in [4.69, 9.17) is 5.21 Å². The molecule has 2 aromatic heterocycles. The lowest BCUT2D eigenvalue weighted by molar-refractivity contribution is 0.0699. The second-order valence-corrected chi connectivity index (χ2v) is 5.97. The molecule has 1 aliphatic rings. The number of aryl methyl sites for hydroxylation is 1. The fourth-order valence-electron chi connectivity index (χ4n) is 2.96. The number of anilines is 1. The summed E-state index contributed by atoms with van der Waals surface area (Å²) in [7, 11) is 0. The molecule has 6 heteroatoms. The van der Waals surface area contributed by atoms with Gasteiger partial charge in [-0.25, -0.2) is 10.5 Å². The summed E-state index contributed by atoms with van der Waals surface area (Å²) in [6.45, 7) is 6.69. The van der Waals surface area contributed by atoms with Gasteiger partial charge >= 0.3 is 0 Å². The molecule has 0 fully saturated rings. The molecule has 0 saturated carbocycles. The molecule has 1 amide bonds. The second kappa shape index (κ2) is 5.06. The first-order valence-corrected chi connectivity index (χ1v) is 7.08. The lowest BCUT2D eigenvalue weighted by Crippen LogP contribution is -2.35. The van der Waals surface area contributed by atoms with Crippen LogP contribution in [-0.4, -0.2) is 21.1 Å². The summed E-state index contributed by atoms with van der Waals surface area (Å²) >= 11 is 0. The van der Waals surface area contributed by atoms with Crippen LogP contribution in [-0.2, 0) is 12.1 Å². The third-order valence-electron chi connectivity index (χ3n) is 4.19. The number of nitrogens with zero attached hydrogens (tertiary/aromatic N) is 3. The number of fused-ring (bicyclic) bond motifs is 1. The van der Waals surface area contributed by atoms with Gasteiger partial charge in [-0.1, -0.05) is 6.07 Å². The predicted molar refractivity (Wildman–Crippen MR) is 81.7 cm³/mol. The number of rotatable bonds is 2. The summed E-state index contributed by atoms with van der Waals surface area (Å²) in [5, 5.41) is 8.90. The average molecular weight is 298 g/mol. The molecular weight excluding hydrogens is 280 g/mol. The van der Waals surface area contributed by atoms with Crippen molar-refractivity contribution in [3.8, 4) is 0 Å². The lowest BCUT2D eigenvalue weighted by atomic mass is 9.93. The van der Waals surface area contributed by atoms with Crippen LogP contribution in [0.3, 0.4) is 0 Å². The fraction of sp³-hybridized carbons (Fsp3) is 0.312. The summed E-state index contributed by atoms with van der Waals surface area (Å²) in [5.41, 5.74) is 4.54. The molecule has 0 unspecified atom stereocenters. The molecule has 3 rings (SSSR count). The van der Waals surface area contributed by atoms with E-state index < -0.39 is 5.91 Å². The highest BCUT2D eigenvalue weighted by Gasteiger charge is 2.40. The van der Waals surface area contributed by atoms with Gasteiger partial charge in [0.05, 0.1) is 5.54 Å². The largest absolute Gasteiger partial charge is 0.343 e. The van der Waals surface area contributed by atoms with Crippen molar-refractivity contribution in [2.75, 3.05) is 4.90 Å². The van der Waals surface area contributed by atoms with Crippen molar-refractivity contribution in [3.05, 3.63) is 53.0 Å². The molecule has 1 aliphatic heterocycles. The highest BCUT2D eigenvalue weighted by atomic mass is 16.5. The van der Waals surface area contributed by atoms with Gasteiger partial charge in [0.25, 0.3) is 5.91 Å². The van der Waals surface area contributed by atoms with Crippen molar-refractivity contribution in [2.45, 2.75) is 32.9 Å². The Balaban J connectivity index is 2.08. The second-order valence-electron chi connectivity index (χ2n) is 5.97. The normalized spacial score (nSPS) is 15.5. The number of pyridine rings is 2. The molecule has 114 valence electrons. The van der Waals surface area contributed by atoms with E-state index in [1.165, 1.54) is 0 Å².